The molecule has 0 bridgehead atoms. The van der Waals surface area contributed by atoms with Gasteiger partial charge in [0, 0.05) is 5.41 Å². The van der Waals surface area contributed by atoms with Gasteiger partial charge < -0.3 is 0 Å². The molecule has 2 unspecified atom stereocenters. The third-order valence-corrected chi connectivity index (χ3v) is 3.64. The van der Waals surface area contributed by atoms with Crippen molar-refractivity contribution in [2.75, 3.05) is 0 Å². The molecule has 0 N–H and O–H groups in total. The van der Waals surface area contributed by atoms with Crippen LogP contribution in [0.5, 0.6) is 0 Å². The Balaban J connectivity index is 2.55. The fourth-order valence-electron chi connectivity index (χ4n) is 2.34. The summed E-state index contributed by atoms with van der Waals surface area (Å²) in [6.45, 7) is 6.18. The van der Waals surface area contributed by atoms with Crippen molar-refractivity contribution in [3.05, 3.63) is 0 Å². The normalized spacial score (nSPS) is 34.4. The smallest absolute Gasteiger partial charge is 0.136 e. The minimum Gasteiger partial charge on any atom is -0.299 e. The Hall–Kier alpha value is -0.330. The summed E-state index contributed by atoms with van der Waals surface area (Å²) in [5.74, 6) is 1.07. The third-order valence-electron chi connectivity index (χ3n) is 3.64. The van der Waals surface area contributed by atoms with Crippen LogP contribution in [0.4, 0.5) is 0 Å². The molecule has 0 spiro atoms. The van der Waals surface area contributed by atoms with Gasteiger partial charge in [0.15, 0.2) is 0 Å². The van der Waals surface area contributed by atoms with Crippen molar-refractivity contribution < 1.29 is 4.79 Å². The van der Waals surface area contributed by atoms with Crippen LogP contribution in [0.1, 0.15) is 52.9 Å². The summed E-state index contributed by atoms with van der Waals surface area (Å²) in [6.07, 6.45) is 5.94. The topological polar surface area (TPSA) is 17.1 Å². The Bertz CT molecular complexity index is 174. The number of Topliss-reactive ketones (excluding diaryl/α,β-unsaturated/α-hetero) is 1. The molecule has 1 saturated carbocycles. The lowest BCUT2D eigenvalue weighted by molar-refractivity contribution is -0.137. The summed E-state index contributed by atoms with van der Waals surface area (Å²) in [5, 5.41) is 0. The molecule has 1 nitrogen and oxygen atoms in total. The predicted molar refractivity (Wildman–Crippen MR) is 51.0 cm³/mol. The van der Waals surface area contributed by atoms with Crippen molar-refractivity contribution in [2.24, 2.45) is 11.3 Å². The summed E-state index contributed by atoms with van der Waals surface area (Å²) in [4.78, 5) is 11.5. The van der Waals surface area contributed by atoms with Gasteiger partial charge in [-0.25, -0.2) is 0 Å². The lowest BCUT2D eigenvalue weighted by atomic mass is 9.57. The second-order valence-corrected chi connectivity index (χ2v) is 4.26. The largest absolute Gasteiger partial charge is 0.299 e. The molecule has 0 aliphatic heterocycles. The molecule has 0 aromatic rings. The SMILES string of the molecule is CCCCC1(C(C)=O)CCC1C. The van der Waals surface area contributed by atoms with E-state index in [4.69, 9.17) is 0 Å². The van der Waals surface area contributed by atoms with Crippen LogP contribution in [-0.2, 0) is 4.79 Å². The summed E-state index contributed by atoms with van der Waals surface area (Å²) in [7, 11) is 0. The van der Waals surface area contributed by atoms with Gasteiger partial charge in [-0.2, -0.15) is 0 Å². The van der Waals surface area contributed by atoms with Crippen molar-refractivity contribution in [3.8, 4) is 0 Å². The quantitative estimate of drug-likeness (QED) is 0.630. The van der Waals surface area contributed by atoms with Crippen LogP contribution in [0.15, 0.2) is 0 Å². The van der Waals surface area contributed by atoms with E-state index in [0.29, 0.717) is 11.7 Å². The van der Waals surface area contributed by atoms with E-state index >= 15 is 0 Å². The Kier molecular flexibility index (Phi) is 2.92. The van der Waals surface area contributed by atoms with E-state index in [1.54, 1.807) is 6.92 Å². The molecule has 1 aliphatic rings. The van der Waals surface area contributed by atoms with Crippen LogP contribution >= 0.6 is 0 Å². The lowest BCUT2D eigenvalue weighted by Crippen LogP contribution is -2.44. The molecule has 2 atom stereocenters. The summed E-state index contributed by atoms with van der Waals surface area (Å²) in [6, 6.07) is 0. The Morgan fingerprint density at radius 2 is 2.25 bits per heavy atom. The van der Waals surface area contributed by atoms with Crippen molar-refractivity contribution in [1.29, 1.82) is 0 Å². The van der Waals surface area contributed by atoms with Gasteiger partial charge in [0.05, 0.1) is 0 Å². The van der Waals surface area contributed by atoms with Crippen LogP contribution < -0.4 is 0 Å². The minimum atomic E-state index is 0.0933. The highest BCUT2D eigenvalue weighted by molar-refractivity contribution is 5.83. The van der Waals surface area contributed by atoms with Crippen molar-refractivity contribution in [3.63, 3.8) is 0 Å². The van der Waals surface area contributed by atoms with Gasteiger partial charge in [0.25, 0.3) is 0 Å². The van der Waals surface area contributed by atoms with Crippen LogP contribution in [0.25, 0.3) is 0 Å². The lowest BCUT2D eigenvalue weighted by Gasteiger charge is -2.46. The van der Waals surface area contributed by atoms with E-state index in [9.17, 15) is 4.79 Å². The minimum absolute atomic E-state index is 0.0933. The van der Waals surface area contributed by atoms with Crippen molar-refractivity contribution in [1.82, 2.24) is 0 Å². The average molecular weight is 168 g/mol. The van der Waals surface area contributed by atoms with E-state index in [1.807, 2.05) is 0 Å². The van der Waals surface area contributed by atoms with E-state index in [0.717, 1.165) is 12.8 Å². The number of rotatable bonds is 4. The van der Waals surface area contributed by atoms with Crippen LogP contribution in [0.2, 0.25) is 0 Å². The van der Waals surface area contributed by atoms with Gasteiger partial charge in [0.2, 0.25) is 0 Å². The number of carbonyl (C=O) groups is 1. The highest BCUT2D eigenvalue weighted by Crippen LogP contribution is 2.50. The van der Waals surface area contributed by atoms with Crippen LogP contribution in [0, 0.1) is 11.3 Å². The molecule has 12 heavy (non-hydrogen) atoms. The fraction of sp³-hybridized carbons (Fsp3) is 0.909. The van der Waals surface area contributed by atoms with E-state index in [1.165, 1.54) is 19.3 Å². The molecule has 1 aliphatic carbocycles. The molecular formula is C11H20O. The zero-order chi connectivity index (χ0) is 9.19. The Labute approximate surface area is 75.5 Å². The molecule has 1 fully saturated rings. The molecule has 70 valence electrons. The summed E-state index contributed by atoms with van der Waals surface area (Å²) >= 11 is 0. The fourth-order valence-corrected chi connectivity index (χ4v) is 2.34. The van der Waals surface area contributed by atoms with Crippen LogP contribution in [-0.4, -0.2) is 5.78 Å². The third kappa shape index (κ3) is 1.41. The zero-order valence-corrected chi connectivity index (χ0v) is 8.52. The Morgan fingerprint density at radius 1 is 1.58 bits per heavy atom. The molecule has 1 rings (SSSR count). The van der Waals surface area contributed by atoms with Crippen molar-refractivity contribution in [2.45, 2.75) is 52.9 Å². The van der Waals surface area contributed by atoms with Gasteiger partial charge in [-0.15, -0.1) is 0 Å². The van der Waals surface area contributed by atoms with Gasteiger partial charge >= 0.3 is 0 Å². The molecule has 1 heteroatoms. The molecule has 0 heterocycles. The highest BCUT2D eigenvalue weighted by atomic mass is 16.1. The maximum absolute atomic E-state index is 11.5. The maximum Gasteiger partial charge on any atom is 0.136 e. The first-order valence-electron chi connectivity index (χ1n) is 5.14. The molecular weight excluding hydrogens is 148 g/mol. The van der Waals surface area contributed by atoms with E-state index < -0.39 is 0 Å². The number of hydrogen-bond donors (Lipinski definition) is 0. The second kappa shape index (κ2) is 3.59. The molecule has 0 aromatic heterocycles. The summed E-state index contributed by atoms with van der Waals surface area (Å²) in [5.41, 5.74) is 0.0933. The standard InChI is InChI=1S/C11H20O/c1-4-5-7-11(10(3)12)8-6-9(11)2/h9H,4-8H2,1-3H3. The molecule has 0 aromatic carbocycles. The van der Waals surface area contributed by atoms with Gasteiger partial charge in [-0.05, 0) is 32.1 Å². The first kappa shape index (κ1) is 9.76. The first-order chi connectivity index (χ1) is 5.63. The number of hydrogen-bond acceptors (Lipinski definition) is 1. The van der Waals surface area contributed by atoms with Crippen LogP contribution in [0.3, 0.4) is 0 Å². The first-order valence-corrected chi connectivity index (χ1v) is 5.14. The van der Waals surface area contributed by atoms with Gasteiger partial charge in [-0.3, -0.25) is 4.79 Å². The van der Waals surface area contributed by atoms with Gasteiger partial charge in [-0.1, -0.05) is 26.7 Å². The van der Waals surface area contributed by atoms with Gasteiger partial charge in [0.1, 0.15) is 5.78 Å². The average Bonchev–Trinajstić information content (AvgIpc) is 2.02. The molecule has 0 amide bonds. The Morgan fingerprint density at radius 3 is 2.50 bits per heavy atom. The number of carbonyl (C=O) groups excluding carboxylic acids is 1. The predicted octanol–water partition coefficient (Wildman–Crippen LogP) is 3.18. The zero-order valence-electron chi connectivity index (χ0n) is 8.52. The second-order valence-electron chi connectivity index (χ2n) is 4.26. The summed E-state index contributed by atoms with van der Waals surface area (Å²) < 4.78 is 0. The van der Waals surface area contributed by atoms with E-state index in [-0.39, 0.29) is 5.41 Å². The molecule has 0 saturated heterocycles. The number of unbranched alkanes of at least 4 members (excludes halogenated alkanes) is 1. The molecule has 0 radical (unpaired) electrons. The maximum atomic E-state index is 11.5. The monoisotopic (exact) mass is 168 g/mol. The highest BCUT2D eigenvalue weighted by Gasteiger charge is 2.46. The van der Waals surface area contributed by atoms with E-state index in [2.05, 4.69) is 13.8 Å². The number of ketones is 1. The van der Waals surface area contributed by atoms with Crippen molar-refractivity contribution >= 4 is 5.78 Å².